The van der Waals surface area contributed by atoms with E-state index in [0.29, 0.717) is 24.7 Å². The summed E-state index contributed by atoms with van der Waals surface area (Å²) in [6, 6.07) is 5.90. The van der Waals surface area contributed by atoms with Crippen molar-refractivity contribution in [1.82, 2.24) is 9.97 Å². The second-order valence-corrected chi connectivity index (χ2v) is 5.05. The average molecular weight is 300 g/mol. The van der Waals surface area contributed by atoms with E-state index in [2.05, 4.69) is 26.7 Å². The van der Waals surface area contributed by atoms with Crippen molar-refractivity contribution in [2.75, 3.05) is 30.9 Å². The second kappa shape index (κ2) is 7.51. The summed E-state index contributed by atoms with van der Waals surface area (Å²) in [4.78, 5) is 20.4. The van der Waals surface area contributed by atoms with Gasteiger partial charge >= 0.3 is 0 Å². The lowest BCUT2D eigenvalue weighted by Gasteiger charge is -2.08. The van der Waals surface area contributed by atoms with Crippen LogP contribution >= 0.6 is 0 Å². The highest BCUT2D eigenvalue weighted by molar-refractivity contribution is 6.03. The van der Waals surface area contributed by atoms with E-state index >= 15 is 0 Å². The van der Waals surface area contributed by atoms with Gasteiger partial charge in [0.1, 0.15) is 0 Å². The number of carbonyl (C=O) groups is 1. The Morgan fingerprint density at radius 3 is 2.36 bits per heavy atom. The number of methoxy groups -OCH3 is 1. The van der Waals surface area contributed by atoms with Gasteiger partial charge < -0.3 is 15.4 Å². The van der Waals surface area contributed by atoms with Crippen molar-refractivity contribution in [3.8, 4) is 0 Å². The highest BCUT2D eigenvalue weighted by Gasteiger charge is 2.08. The van der Waals surface area contributed by atoms with Crippen LogP contribution in [-0.4, -0.2) is 36.1 Å². The molecule has 0 spiro atoms. The molecule has 1 aromatic heterocycles. The first-order chi connectivity index (χ1) is 10.6. The molecule has 6 heteroatoms. The number of hydrogen-bond donors (Lipinski definition) is 2. The van der Waals surface area contributed by atoms with E-state index in [1.807, 2.05) is 26.0 Å². The number of aromatic nitrogens is 2. The molecule has 0 fully saturated rings. The van der Waals surface area contributed by atoms with E-state index in [0.717, 1.165) is 16.8 Å². The number of carbonyl (C=O) groups excluding carboxylic acids is 1. The summed E-state index contributed by atoms with van der Waals surface area (Å²) in [5, 5.41) is 5.85. The van der Waals surface area contributed by atoms with E-state index in [1.165, 1.54) is 12.4 Å². The zero-order chi connectivity index (χ0) is 15.9. The fourth-order valence-corrected chi connectivity index (χ4v) is 2.05. The van der Waals surface area contributed by atoms with Gasteiger partial charge in [-0.25, -0.2) is 9.97 Å². The summed E-state index contributed by atoms with van der Waals surface area (Å²) in [6.45, 7) is 5.17. The molecule has 0 aliphatic heterocycles. The molecule has 1 aromatic carbocycles. The van der Waals surface area contributed by atoms with Gasteiger partial charge in [-0.05, 0) is 37.1 Å². The highest BCUT2D eigenvalue weighted by Crippen LogP contribution is 2.14. The van der Waals surface area contributed by atoms with Crippen LogP contribution < -0.4 is 10.6 Å². The zero-order valence-corrected chi connectivity index (χ0v) is 13.0. The summed E-state index contributed by atoms with van der Waals surface area (Å²) >= 11 is 0. The van der Waals surface area contributed by atoms with E-state index in [1.54, 1.807) is 7.11 Å². The predicted molar refractivity (Wildman–Crippen MR) is 86.3 cm³/mol. The molecule has 0 atom stereocenters. The number of nitrogens with zero attached hydrogens (tertiary/aromatic N) is 2. The monoisotopic (exact) mass is 300 g/mol. The fraction of sp³-hybridized carbons (Fsp3) is 0.312. The van der Waals surface area contributed by atoms with Crippen LogP contribution in [0.3, 0.4) is 0 Å². The number of hydrogen-bond acceptors (Lipinski definition) is 5. The summed E-state index contributed by atoms with van der Waals surface area (Å²) < 4.78 is 4.93. The van der Waals surface area contributed by atoms with Crippen LogP contribution in [0, 0.1) is 13.8 Å². The van der Waals surface area contributed by atoms with Crippen LogP contribution in [-0.2, 0) is 4.74 Å². The SMILES string of the molecule is COCCNc1ncc(C(=O)Nc2cc(C)cc(C)c2)cn1. The molecule has 2 rings (SSSR count). The smallest absolute Gasteiger partial charge is 0.258 e. The molecule has 0 saturated carbocycles. The zero-order valence-electron chi connectivity index (χ0n) is 13.0. The third-order valence-corrected chi connectivity index (χ3v) is 2.98. The minimum atomic E-state index is -0.228. The molecule has 0 aliphatic rings. The van der Waals surface area contributed by atoms with Crippen molar-refractivity contribution in [3.05, 3.63) is 47.3 Å². The first kappa shape index (κ1) is 15.9. The fourth-order valence-electron chi connectivity index (χ4n) is 2.05. The first-order valence-electron chi connectivity index (χ1n) is 7.03. The number of nitrogens with one attached hydrogen (secondary N) is 2. The Bertz CT molecular complexity index is 621. The number of amides is 1. The third kappa shape index (κ3) is 4.53. The van der Waals surface area contributed by atoms with Crippen molar-refractivity contribution in [2.45, 2.75) is 13.8 Å². The molecule has 1 heterocycles. The normalized spacial score (nSPS) is 10.3. The minimum absolute atomic E-state index is 0.228. The number of rotatable bonds is 6. The third-order valence-electron chi connectivity index (χ3n) is 2.98. The predicted octanol–water partition coefficient (Wildman–Crippen LogP) is 2.40. The highest BCUT2D eigenvalue weighted by atomic mass is 16.5. The first-order valence-corrected chi connectivity index (χ1v) is 7.03. The molecule has 0 aliphatic carbocycles. The number of benzene rings is 1. The lowest BCUT2D eigenvalue weighted by molar-refractivity contribution is 0.102. The maximum Gasteiger partial charge on any atom is 0.258 e. The molecule has 2 aromatic rings. The Balaban J connectivity index is 2.00. The van der Waals surface area contributed by atoms with Gasteiger partial charge in [-0.1, -0.05) is 6.07 Å². The van der Waals surface area contributed by atoms with Crippen LogP contribution in [0.4, 0.5) is 11.6 Å². The lowest BCUT2D eigenvalue weighted by atomic mass is 10.1. The van der Waals surface area contributed by atoms with Gasteiger partial charge in [0.25, 0.3) is 5.91 Å². The van der Waals surface area contributed by atoms with Gasteiger partial charge in [-0.15, -0.1) is 0 Å². The van der Waals surface area contributed by atoms with Crippen LogP contribution in [0.15, 0.2) is 30.6 Å². The van der Waals surface area contributed by atoms with Crippen molar-refractivity contribution in [2.24, 2.45) is 0 Å². The van der Waals surface area contributed by atoms with Gasteiger partial charge in [0.2, 0.25) is 5.95 Å². The Kier molecular flexibility index (Phi) is 5.43. The Morgan fingerprint density at radius 1 is 1.14 bits per heavy atom. The minimum Gasteiger partial charge on any atom is -0.383 e. The van der Waals surface area contributed by atoms with E-state index in [-0.39, 0.29) is 5.91 Å². The number of anilines is 2. The maximum absolute atomic E-state index is 12.2. The van der Waals surface area contributed by atoms with Crippen LogP contribution in [0.25, 0.3) is 0 Å². The summed E-state index contributed by atoms with van der Waals surface area (Å²) in [5.41, 5.74) is 3.38. The Labute approximate surface area is 129 Å². The Morgan fingerprint density at radius 2 is 1.77 bits per heavy atom. The molecule has 0 bridgehead atoms. The van der Waals surface area contributed by atoms with Gasteiger partial charge in [-0.2, -0.15) is 0 Å². The quantitative estimate of drug-likeness (QED) is 0.801. The number of ether oxygens (including phenoxy) is 1. The average Bonchev–Trinajstić information content (AvgIpc) is 2.47. The van der Waals surface area contributed by atoms with Crippen LogP contribution in [0.5, 0.6) is 0 Å². The van der Waals surface area contributed by atoms with Crippen LogP contribution in [0.1, 0.15) is 21.5 Å². The number of aryl methyl sites for hydroxylation is 2. The van der Waals surface area contributed by atoms with E-state index in [9.17, 15) is 4.79 Å². The van der Waals surface area contributed by atoms with Crippen molar-refractivity contribution < 1.29 is 9.53 Å². The molecule has 2 N–H and O–H groups in total. The van der Waals surface area contributed by atoms with Crippen molar-refractivity contribution in [1.29, 1.82) is 0 Å². The molecule has 0 radical (unpaired) electrons. The van der Waals surface area contributed by atoms with Crippen molar-refractivity contribution >= 4 is 17.5 Å². The molecule has 6 nitrogen and oxygen atoms in total. The molecule has 1 amide bonds. The maximum atomic E-state index is 12.2. The summed E-state index contributed by atoms with van der Waals surface area (Å²) in [5.74, 6) is 0.244. The van der Waals surface area contributed by atoms with Gasteiger partial charge in [0.15, 0.2) is 0 Å². The van der Waals surface area contributed by atoms with E-state index in [4.69, 9.17) is 4.74 Å². The molecule has 0 saturated heterocycles. The second-order valence-electron chi connectivity index (χ2n) is 5.05. The topological polar surface area (TPSA) is 76.1 Å². The molecule has 116 valence electrons. The molecular weight excluding hydrogens is 280 g/mol. The standard InChI is InChI=1S/C16H20N4O2/c1-11-6-12(2)8-14(7-11)20-15(21)13-9-18-16(19-10-13)17-4-5-22-3/h6-10H,4-5H2,1-3H3,(H,20,21)(H,17,18,19). The molecule has 0 unspecified atom stereocenters. The van der Waals surface area contributed by atoms with Crippen LogP contribution in [0.2, 0.25) is 0 Å². The summed E-state index contributed by atoms with van der Waals surface area (Å²) in [7, 11) is 1.63. The molecular formula is C16H20N4O2. The van der Waals surface area contributed by atoms with Gasteiger partial charge in [0.05, 0.1) is 12.2 Å². The summed E-state index contributed by atoms with van der Waals surface area (Å²) in [6.07, 6.45) is 3.00. The molecule has 22 heavy (non-hydrogen) atoms. The lowest BCUT2D eigenvalue weighted by Crippen LogP contribution is -2.14. The van der Waals surface area contributed by atoms with Crippen molar-refractivity contribution in [3.63, 3.8) is 0 Å². The van der Waals surface area contributed by atoms with Gasteiger partial charge in [0, 0.05) is 31.7 Å². The largest absolute Gasteiger partial charge is 0.383 e. The van der Waals surface area contributed by atoms with E-state index < -0.39 is 0 Å². The van der Waals surface area contributed by atoms with Gasteiger partial charge in [-0.3, -0.25) is 4.79 Å². The Hall–Kier alpha value is -2.47.